The van der Waals surface area contributed by atoms with E-state index in [0.29, 0.717) is 17.7 Å². The molecule has 0 aliphatic rings. The van der Waals surface area contributed by atoms with Gasteiger partial charge < -0.3 is 9.47 Å². The number of aryl methyl sites for hydroxylation is 1. The lowest BCUT2D eigenvalue weighted by molar-refractivity contribution is 0.100. The molecule has 0 aliphatic heterocycles. The van der Waals surface area contributed by atoms with Crippen LogP contribution in [-0.2, 0) is 7.05 Å². The maximum Gasteiger partial charge on any atom is 0.183 e. The van der Waals surface area contributed by atoms with Crippen molar-refractivity contribution in [1.29, 1.82) is 5.26 Å². The molecule has 0 aliphatic carbocycles. The minimum absolute atomic E-state index is 0.0606. The van der Waals surface area contributed by atoms with Crippen molar-refractivity contribution in [1.82, 2.24) is 4.57 Å². The second-order valence-corrected chi connectivity index (χ2v) is 4.51. The van der Waals surface area contributed by atoms with Crippen molar-refractivity contribution in [3.05, 3.63) is 53.9 Å². The molecule has 0 unspecified atom stereocenters. The van der Waals surface area contributed by atoms with Gasteiger partial charge in [0.05, 0.1) is 18.2 Å². The molecule has 19 heavy (non-hydrogen) atoms. The van der Waals surface area contributed by atoms with E-state index in [0.717, 1.165) is 5.69 Å². The molecule has 1 aromatic carbocycles. The average molecular weight is 253 g/mol. The van der Waals surface area contributed by atoms with Crippen LogP contribution in [0.4, 0.5) is 5.69 Å². The highest BCUT2D eigenvalue weighted by molar-refractivity contribution is 5.99. The van der Waals surface area contributed by atoms with Gasteiger partial charge in [-0.1, -0.05) is 6.07 Å². The maximum atomic E-state index is 12.1. The van der Waals surface area contributed by atoms with Crippen LogP contribution in [0.25, 0.3) is 0 Å². The van der Waals surface area contributed by atoms with Crippen molar-refractivity contribution in [2.75, 3.05) is 18.5 Å². The van der Waals surface area contributed by atoms with Gasteiger partial charge in [-0.15, -0.1) is 0 Å². The molecule has 0 atom stereocenters. The molecule has 4 heteroatoms. The number of aromatic nitrogens is 1. The highest BCUT2D eigenvalue weighted by atomic mass is 16.1. The maximum absolute atomic E-state index is 12.1. The zero-order valence-electron chi connectivity index (χ0n) is 11.0. The fourth-order valence-corrected chi connectivity index (χ4v) is 1.88. The van der Waals surface area contributed by atoms with Crippen LogP contribution in [0.3, 0.4) is 0 Å². The Hall–Kier alpha value is -2.54. The van der Waals surface area contributed by atoms with Crippen molar-refractivity contribution in [2.45, 2.75) is 0 Å². The number of nitriles is 1. The van der Waals surface area contributed by atoms with Gasteiger partial charge >= 0.3 is 0 Å². The van der Waals surface area contributed by atoms with Crippen molar-refractivity contribution in [2.24, 2.45) is 7.05 Å². The molecule has 0 N–H and O–H groups in total. The van der Waals surface area contributed by atoms with E-state index in [4.69, 9.17) is 5.26 Å². The Morgan fingerprint density at radius 2 is 2.21 bits per heavy atom. The minimum Gasteiger partial charge on any atom is -0.367 e. The molecular formula is C15H15N3O. The summed E-state index contributed by atoms with van der Waals surface area (Å²) >= 11 is 0. The summed E-state index contributed by atoms with van der Waals surface area (Å²) in [7, 11) is 3.73. The number of carbonyl (C=O) groups excluding carboxylic acids is 1. The van der Waals surface area contributed by atoms with E-state index in [1.807, 2.05) is 54.2 Å². The van der Waals surface area contributed by atoms with Crippen LogP contribution in [0.1, 0.15) is 15.9 Å². The topological polar surface area (TPSA) is 49.0 Å². The second-order valence-electron chi connectivity index (χ2n) is 4.51. The predicted octanol–water partition coefficient (Wildman–Crippen LogP) is 2.22. The van der Waals surface area contributed by atoms with Crippen LogP contribution in [0.5, 0.6) is 0 Å². The van der Waals surface area contributed by atoms with Crippen LogP contribution < -0.4 is 4.90 Å². The summed E-state index contributed by atoms with van der Waals surface area (Å²) in [5.74, 6) is 0.0606. The summed E-state index contributed by atoms with van der Waals surface area (Å²) in [4.78, 5) is 13.9. The monoisotopic (exact) mass is 253 g/mol. The highest BCUT2D eigenvalue weighted by Gasteiger charge is 2.11. The summed E-state index contributed by atoms with van der Waals surface area (Å²) < 4.78 is 1.85. The Balaban J connectivity index is 2.10. The van der Waals surface area contributed by atoms with Gasteiger partial charge in [-0.25, -0.2) is 0 Å². The standard InChI is InChI=1S/C15H15N3O/c1-17-7-6-13(10-17)15(19)11-18(2)14-5-3-4-12(8-14)9-16/h3-8,10H,11H2,1-2H3. The lowest BCUT2D eigenvalue weighted by Gasteiger charge is -2.18. The molecule has 1 heterocycles. The molecule has 2 aromatic rings. The van der Waals surface area contributed by atoms with E-state index in [1.165, 1.54) is 0 Å². The summed E-state index contributed by atoms with van der Waals surface area (Å²) in [6.07, 6.45) is 3.66. The molecule has 2 rings (SSSR count). The molecule has 0 radical (unpaired) electrons. The first kappa shape index (κ1) is 12.9. The van der Waals surface area contributed by atoms with Gasteiger partial charge in [0.1, 0.15) is 0 Å². The molecule has 1 aromatic heterocycles. The second kappa shape index (κ2) is 5.40. The third-order valence-corrected chi connectivity index (χ3v) is 2.95. The van der Waals surface area contributed by atoms with E-state index >= 15 is 0 Å². The van der Waals surface area contributed by atoms with Crippen molar-refractivity contribution in [3.8, 4) is 6.07 Å². The van der Waals surface area contributed by atoms with Crippen LogP contribution in [0, 0.1) is 11.3 Å². The summed E-state index contributed by atoms with van der Waals surface area (Å²) in [5, 5.41) is 8.87. The lowest BCUT2D eigenvalue weighted by atomic mass is 10.2. The fraction of sp³-hybridized carbons (Fsp3) is 0.200. The molecule has 0 fully saturated rings. The lowest BCUT2D eigenvalue weighted by Crippen LogP contribution is -2.25. The molecule has 4 nitrogen and oxygen atoms in total. The quantitative estimate of drug-likeness (QED) is 0.785. The van der Waals surface area contributed by atoms with Gasteiger partial charge in [0.15, 0.2) is 5.78 Å². The van der Waals surface area contributed by atoms with Gasteiger partial charge in [0.25, 0.3) is 0 Å². The number of carbonyl (C=O) groups is 1. The summed E-state index contributed by atoms with van der Waals surface area (Å²) in [6.45, 7) is 0.291. The van der Waals surface area contributed by atoms with Crippen LogP contribution in [0.2, 0.25) is 0 Å². The van der Waals surface area contributed by atoms with Crippen molar-refractivity contribution < 1.29 is 4.79 Å². The zero-order valence-corrected chi connectivity index (χ0v) is 11.0. The molecule has 0 spiro atoms. The van der Waals surface area contributed by atoms with E-state index in [1.54, 1.807) is 12.1 Å². The van der Waals surface area contributed by atoms with E-state index in [2.05, 4.69) is 6.07 Å². The van der Waals surface area contributed by atoms with E-state index < -0.39 is 0 Å². The highest BCUT2D eigenvalue weighted by Crippen LogP contribution is 2.15. The number of benzene rings is 1. The van der Waals surface area contributed by atoms with E-state index in [9.17, 15) is 4.79 Å². The van der Waals surface area contributed by atoms with Gasteiger partial charge in [-0.2, -0.15) is 5.26 Å². The Morgan fingerprint density at radius 1 is 1.42 bits per heavy atom. The van der Waals surface area contributed by atoms with Crippen LogP contribution >= 0.6 is 0 Å². The molecule has 0 bridgehead atoms. The normalized spacial score (nSPS) is 9.95. The van der Waals surface area contributed by atoms with Gasteiger partial charge in [0, 0.05) is 37.7 Å². The Bertz CT molecular complexity index is 637. The summed E-state index contributed by atoms with van der Waals surface area (Å²) in [6, 6.07) is 11.1. The number of Topliss-reactive ketones (excluding diaryl/α,β-unsaturated/α-hetero) is 1. The minimum atomic E-state index is 0.0606. The third kappa shape index (κ3) is 3.02. The predicted molar refractivity (Wildman–Crippen MR) is 74.2 cm³/mol. The fourth-order valence-electron chi connectivity index (χ4n) is 1.88. The number of anilines is 1. The Morgan fingerprint density at radius 3 is 2.84 bits per heavy atom. The smallest absolute Gasteiger partial charge is 0.183 e. The Kier molecular flexibility index (Phi) is 3.67. The molecular weight excluding hydrogens is 238 g/mol. The van der Waals surface area contributed by atoms with Gasteiger partial charge in [-0.05, 0) is 24.3 Å². The molecule has 0 saturated carbocycles. The number of hydrogen-bond acceptors (Lipinski definition) is 3. The number of nitrogens with zero attached hydrogens (tertiary/aromatic N) is 3. The molecule has 0 amide bonds. The van der Waals surface area contributed by atoms with Crippen LogP contribution in [-0.4, -0.2) is 23.9 Å². The average Bonchev–Trinajstić information content (AvgIpc) is 2.85. The van der Waals surface area contributed by atoms with Crippen molar-refractivity contribution in [3.63, 3.8) is 0 Å². The molecule has 0 saturated heterocycles. The third-order valence-electron chi connectivity index (χ3n) is 2.95. The van der Waals surface area contributed by atoms with Crippen LogP contribution in [0.15, 0.2) is 42.7 Å². The first-order valence-corrected chi connectivity index (χ1v) is 5.96. The van der Waals surface area contributed by atoms with Gasteiger partial charge in [-0.3, -0.25) is 4.79 Å². The SMILES string of the molecule is CN(CC(=O)c1ccn(C)c1)c1cccc(C#N)c1. The zero-order chi connectivity index (χ0) is 13.8. The number of likely N-dealkylation sites (N-methyl/N-ethyl adjacent to an activating group) is 1. The number of ketones is 1. The Labute approximate surface area is 112 Å². The number of rotatable bonds is 4. The molecule has 96 valence electrons. The largest absolute Gasteiger partial charge is 0.367 e. The first-order valence-electron chi connectivity index (χ1n) is 5.96. The summed E-state index contributed by atoms with van der Waals surface area (Å²) in [5.41, 5.74) is 2.16. The van der Waals surface area contributed by atoms with Crippen molar-refractivity contribution >= 4 is 11.5 Å². The van der Waals surface area contributed by atoms with Gasteiger partial charge in [0.2, 0.25) is 0 Å². The number of hydrogen-bond donors (Lipinski definition) is 0. The first-order chi connectivity index (χ1) is 9.10. The van der Waals surface area contributed by atoms with E-state index in [-0.39, 0.29) is 5.78 Å².